The number of nitriles is 1. The maximum atomic E-state index is 11.4. The molecule has 0 radical (unpaired) electrons. The van der Waals surface area contributed by atoms with E-state index in [-0.39, 0.29) is 5.97 Å². The summed E-state index contributed by atoms with van der Waals surface area (Å²) in [6.45, 7) is 1.70. The Labute approximate surface area is 91.3 Å². The third-order valence-corrected chi connectivity index (χ3v) is 2.42. The molecule has 1 aliphatic carbocycles. The molecule has 0 heterocycles. The Bertz CT molecular complexity index is 424. The Morgan fingerprint density at radius 1 is 1.73 bits per heavy atom. The zero-order valence-corrected chi connectivity index (χ0v) is 9.86. The van der Waals surface area contributed by atoms with Crippen molar-refractivity contribution in [3.63, 3.8) is 0 Å². The standard InChI is InChI=1S/C11H12NO2P/c1-7(6-12)3-8-4-9(15)5-10(8)11(13)14-2/h3-4H,5,15H2,1-2H3/b7-3-. The van der Waals surface area contributed by atoms with Gasteiger partial charge in [0.25, 0.3) is 0 Å². The summed E-state index contributed by atoms with van der Waals surface area (Å²) in [6.07, 6.45) is 4.14. The fourth-order valence-electron chi connectivity index (χ4n) is 1.35. The van der Waals surface area contributed by atoms with Gasteiger partial charge in [-0.1, -0.05) is 6.08 Å². The minimum absolute atomic E-state index is 0.333. The van der Waals surface area contributed by atoms with Gasteiger partial charge in [-0.2, -0.15) is 5.26 Å². The van der Waals surface area contributed by atoms with Crippen molar-refractivity contribution in [2.45, 2.75) is 13.3 Å². The third-order valence-electron chi connectivity index (χ3n) is 2.05. The Morgan fingerprint density at radius 3 is 2.93 bits per heavy atom. The SMILES string of the molecule is COC(=O)C1=C(/C=C(/C)C#N)C=C(P)C1. The van der Waals surface area contributed by atoms with Crippen LogP contribution in [-0.4, -0.2) is 13.1 Å². The first kappa shape index (κ1) is 11.7. The van der Waals surface area contributed by atoms with Crippen molar-refractivity contribution >= 4 is 15.2 Å². The molecule has 78 valence electrons. The Hall–Kier alpha value is -1.39. The van der Waals surface area contributed by atoms with Crippen LogP contribution in [0, 0.1) is 11.3 Å². The number of carbonyl (C=O) groups is 1. The van der Waals surface area contributed by atoms with Gasteiger partial charge >= 0.3 is 5.97 Å². The van der Waals surface area contributed by atoms with Gasteiger partial charge in [-0.15, -0.1) is 9.24 Å². The Kier molecular flexibility index (Phi) is 3.82. The molecular weight excluding hydrogens is 209 g/mol. The summed E-state index contributed by atoms with van der Waals surface area (Å²) >= 11 is 0. The lowest BCUT2D eigenvalue weighted by Gasteiger charge is -2.01. The van der Waals surface area contributed by atoms with Crippen molar-refractivity contribution in [3.05, 3.63) is 34.2 Å². The van der Waals surface area contributed by atoms with Crippen molar-refractivity contribution in [1.82, 2.24) is 0 Å². The van der Waals surface area contributed by atoms with E-state index in [1.54, 1.807) is 13.0 Å². The molecule has 0 spiro atoms. The van der Waals surface area contributed by atoms with Crippen molar-refractivity contribution in [2.75, 3.05) is 7.11 Å². The quantitative estimate of drug-likeness (QED) is 0.407. The molecule has 0 fully saturated rings. The largest absolute Gasteiger partial charge is 0.466 e. The van der Waals surface area contributed by atoms with Crippen LogP contribution in [0.1, 0.15) is 13.3 Å². The monoisotopic (exact) mass is 221 g/mol. The lowest BCUT2D eigenvalue weighted by Crippen LogP contribution is -2.04. The highest BCUT2D eigenvalue weighted by atomic mass is 31.0. The van der Waals surface area contributed by atoms with Gasteiger partial charge in [0.1, 0.15) is 0 Å². The maximum absolute atomic E-state index is 11.4. The van der Waals surface area contributed by atoms with Crippen LogP contribution in [-0.2, 0) is 9.53 Å². The second kappa shape index (κ2) is 4.91. The summed E-state index contributed by atoms with van der Waals surface area (Å²) in [6, 6.07) is 2.02. The molecular formula is C11H12NO2P. The van der Waals surface area contributed by atoms with Gasteiger partial charge in [0.15, 0.2) is 0 Å². The minimum atomic E-state index is -0.333. The zero-order valence-electron chi connectivity index (χ0n) is 8.70. The average molecular weight is 221 g/mol. The van der Waals surface area contributed by atoms with Crippen LogP contribution in [0.5, 0.6) is 0 Å². The van der Waals surface area contributed by atoms with E-state index >= 15 is 0 Å². The van der Waals surface area contributed by atoms with Crippen LogP contribution in [0.2, 0.25) is 0 Å². The molecule has 0 aromatic heterocycles. The predicted octanol–water partition coefficient (Wildman–Crippen LogP) is 2.09. The number of hydrogen-bond acceptors (Lipinski definition) is 3. The molecule has 0 aromatic carbocycles. The van der Waals surface area contributed by atoms with Gasteiger partial charge in [0.05, 0.1) is 13.2 Å². The van der Waals surface area contributed by atoms with Gasteiger partial charge in [-0.05, 0) is 23.9 Å². The average Bonchev–Trinajstić information content (AvgIpc) is 2.58. The normalized spacial score (nSPS) is 16.1. The topological polar surface area (TPSA) is 50.1 Å². The number of methoxy groups -OCH3 is 1. The molecule has 1 atom stereocenters. The minimum Gasteiger partial charge on any atom is -0.466 e. The van der Waals surface area contributed by atoms with Crippen LogP contribution in [0.25, 0.3) is 0 Å². The van der Waals surface area contributed by atoms with E-state index in [4.69, 9.17) is 5.26 Å². The van der Waals surface area contributed by atoms with Crippen LogP contribution < -0.4 is 0 Å². The smallest absolute Gasteiger partial charge is 0.334 e. The molecule has 3 nitrogen and oxygen atoms in total. The fourth-order valence-corrected chi connectivity index (χ4v) is 1.74. The maximum Gasteiger partial charge on any atom is 0.334 e. The van der Waals surface area contributed by atoms with Crippen molar-refractivity contribution in [1.29, 1.82) is 5.26 Å². The van der Waals surface area contributed by atoms with Gasteiger partial charge in [-0.25, -0.2) is 4.79 Å². The van der Waals surface area contributed by atoms with Gasteiger partial charge < -0.3 is 4.74 Å². The number of esters is 1. The van der Waals surface area contributed by atoms with E-state index in [1.165, 1.54) is 7.11 Å². The highest BCUT2D eigenvalue weighted by Gasteiger charge is 2.19. The summed E-state index contributed by atoms with van der Waals surface area (Å²) in [5.41, 5.74) is 1.95. The van der Waals surface area contributed by atoms with E-state index < -0.39 is 0 Å². The summed E-state index contributed by atoms with van der Waals surface area (Å²) in [4.78, 5) is 11.4. The van der Waals surface area contributed by atoms with Crippen LogP contribution >= 0.6 is 9.24 Å². The number of ether oxygens (including phenoxy) is 1. The lowest BCUT2D eigenvalue weighted by molar-refractivity contribution is -0.136. The van der Waals surface area contributed by atoms with E-state index in [1.807, 2.05) is 12.1 Å². The predicted molar refractivity (Wildman–Crippen MR) is 60.8 cm³/mol. The molecule has 0 aromatic rings. The molecule has 0 bridgehead atoms. The highest BCUT2D eigenvalue weighted by molar-refractivity contribution is 7.22. The first-order valence-electron chi connectivity index (χ1n) is 4.44. The summed E-state index contributed by atoms with van der Waals surface area (Å²) < 4.78 is 4.68. The van der Waals surface area contributed by atoms with E-state index in [0.717, 1.165) is 10.9 Å². The van der Waals surface area contributed by atoms with Crippen LogP contribution in [0.4, 0.5) is 0 Å². The summed E-state index contributed by atoms with van der Waals surface area (Å²) in [5.74, 6) is -0.333. The molecule has 1 aliphatic rings. The van der Waals surface area contributed by atoms with Crippen molar-refractivity contribution < 1.29 is 9.53 Å². The zero-order chi connectivity index (χ0) is 11.4. The van der Waals surface area contributed by atoms with Crippen molar-refractivity contribution in [2.24, 2.45) is 0 Å². The molecule has 0 aliphatic heterocycles. The van der Waals surface area contributed by atoms with Crippen molar-refractivity contribution in [3.8, 4) is 6.07 Å². The molecule has 4 heteroatoms. The van der Waals surface area contributed by atoms with Crippen LogP contribution in [0.15, 0.2) is 34.2 Å². The number of carbonyl (C=O) groups excluding carboxylic acids is 1. The first-order chi connectivity index (χ1) is 7.08. The van der Waals surface area contributed by atoms with E-state index in [9.17, 15) is 4.79 Å². The molecule has 0 saturated carbocycles. The fraction of sp³-hybridized carbons (Fsp3) is 0.273. The molecule has 0 amide bonds. The highest BCUT2D eigenvalue weighted by Crippen LogP contribution is 2.31. The van der Waals surface area contributed by atoms with Gasteiger partial charge in [0.2, 0.25) is 0 Å². The first-order valence-corrected chi connectivity index (χ1v) is 5.02. The summed E-state index contributed by atoms with van der Waals surface area (Å²) in [5, 5.41) is 9.68. The van der Waals surface area contributed by atoms with E-state index in [0.29, 0.717) is 17.6 Å². The molecule has 1 unspecified atom stereocenters. The number of nitrogens with zero attached hydrogens (tertiary/aromatic N) is 1. The number of allylic oxidation sites excluding steroid dienone is 5. The van der Waals surface area contributed by atoms with E-state index in [2.05, 4.69) is 14.0 Å². The molecule has 0 saturated heterocycles. The van der Waals surface area contributed by atoms with Gasteiger partial charge in [-0.3, -0.25) is 0 Å². The Morgan fingerprint density at radius 2 is 2.40 bits per heavy atom. The number of hydrogen-bond donors (Lipinski definition) is 0. The molecule has 0 N–H and O–H groups in total. The second-order valence-corrected chi connectivity index (χ2v) is 4.00. The summed E-state index contributed by atoms with van der Waals surface area (Å²) in [7, 11) is 3.92. The molecule has 1 rings (SSSR count). The number of rotatable bonds is 2. The lowest BCUT2D eigenvalue weighted by atomic mass is 10.1. The second-order valence-electron chi connectivity index (χ2n) is 3.26. The van der Waals surface area contributed by atoms with Gasteiger partial charge in [0, 0.05) is 17.6 Å². The third kappa shape index (κ3) is 2.78. The van der Waals surface area contributed by atoms with Crippen LogP contribution in [0.3, 0.4) is 0 Å². The Balaban J connectivity index is 3.08. The molecule has 15 heavy (non-hydrogen) atoms.